The smallest absolute Gasteiger partial charge is 0.256 e. The highest BCUT2D eigenvalue weighted by atomic mass is 35.5. The Labute approximate surface area is 160 Å². The average Bonchev–Trinajstić information content (AvgIpc) is 2.61. The van der Waals surface area contributed by atoms with Crippen molar-refractivity contribution in [3.05, 3.63) is 64.2 Å². The van der Waals surface area contributed by atoms with E-state index in [-0.39, 0.29) is 37.4 Å². The highest BCUT2D eigenvalue weighted by Gasteiger charge is 2.21. The van der Waals surface area contributed by atoms with Gasteiger partial charge in [-0.2, -0.15) is 0 Å². The van der Waals surface area contributed by atoms with E-state index in [0.717, 1.165) is 6.07 Å². The van der Waals surface area contributed by atoms with Crippen molar-refractivity contribution in [3.8, 4) is 0 Å². The summed E-state index contributed by atoms with van der Waals surface area (Å²) in [7, 11) is 0. The van der Waals surface area contributed by atoms with Crippen LogP contribution in [-0.2, 0) is 11.2 Å². The molecule has 0 bridgehead atoms. The second kappa shape index (κ2) is 9.43. The van der Waals surface area contributed by atoms with Crippen LogP contribution in [0.15, 0.2) is 36.4 Å². The van der Waals surface area contributed by atoms with E-state index in [1.54, 1.807) is 31.2 Å². The van der Waals surface area contributed by atoms with E-state index in [4.69, 9.17) is 16.7 Å². The van der Waals surface area contributed by atoms with Crippen LogP contribution >= 0.6 is 11.6 Å². The van der Waals surface area contributed by atoms with Gasteiger partial charge in [-0.25, -0.2) is 8.78 Å². The van der Waals surface area contributed by atoms with E-state index >= 15 is 0 Å². The summed E-state index contributed by atoms with van der Waals surface area (Å²) < 4.78 is 28.1. The molecule has 0 fully saturated rings. The predicted octanol–water partition coefficient (Wildman–Crippen LogP) is 3.25. The number of rotatable bonds is 7. The van der Waals surface area contributed by atoms with E-state index in [9.17, 15) is 18.4 Å². The molecule has 8 heteroatoms. The quantitative estimate of drug-likeness (QED) is 0.754. The van der Waals surface area contributed by atoms with Crippen LogP contribution in [0.3, 0.4) is 0 Å². The Hall–Kier alpha value is -2.51. The molecule has 0 aliphatic carbocycles. The first kappa shape index (κ1) is 20.8. The zero-order valence-electron chi connectivity index (χ0n) is 14.6. The van der Waals surface area contributed by atoms with Crippen molar-refractivity contribution in [1.29, 1.82) is 0 Å². The Morgan fingerprint density at radius 2 is 1.93 bits per heavy atom. The number of hydrogen-bond donors (Lipinski definition) is 2. The van der Waals surface area contributed by atoms with Crippen LogP contribution in [0.25, 0.3) is 0 Å². The van der Waals surface area contributed by atoms with Crippen molar-refractivity contribution in [1.82, 2.24) is 4.90 Å². The molecule has 27 heavy (non-hydrogen) atoms. The Bertz CT molecular complexity index is 846. The zero-order valence-corrected chi connectivity index (χ0v) is 15.4. The molecule has 0 spiro atoms. The molecule has 0 aliphatic heterocycles. The normalized spacial score (nSPS) is 10.6. The molecule has 0 heterocycles. The molecule has 0 saturated heterocycles. The Morgan fingerprint density at radius 3 is 2.56 bits per heavy atom. The lowest BCUT2D eigenvalue weighted by Crippen LogP contribution is -2.34. The van der Waals surface area contributed by atoms with Crippen LogP contribution in [0.5, 0.6) is 0 Å². The van der Waals surface area contributed by atoms with E-state index in [0.29, 0.717) is 16.7 Å². The highest BCUT2D eigenvalue weighted by Crippen LogP contribution is 2.21. The Balaban J connectivity index is 2.21. The molecule has 2 aromatic rings. The van der Waals surface area contributed by atoms with Crippen molar-refractivity contribution in [2.24, 2.45) is 0 Å². The minimum Gasteiger partial charge on any atom is -0.395 e. The van der Waals surface area contributed by atoms with Gasteiger partial charge < -0.3 is 15.3 Å². The van der Waals surface area contributed by atoms with Crippen molar-refractivity contribution < 1.29 is 23.5 Å². The van der Waals surface area contributed by atoms with Gasteiger partial charge in [-0.05, 0) is 30.7 Å². The number of likely N-dealkylation sites (N-methyl/N-ethyl adjacent to an activating group) is 1. The number of benzene rings is 2. The molecule has 0 aliphatic rings. The zero-order chi connectivity index (χ0) is 20.0. The first-order valence-corrected chi connectivity index (χ1v) is 8.67. The fourth-order valence-electron chi connectivity index (χ4n) is 2.53. The lowest BCUT2D eigenvalue weighted by atomic mass is 10.1. The van der Waals surface area contributed by atoms with Gasteiger partial charge in [-0.1, -0.05) is 23.7 Å². The Morgan fingerprint density at radius 1 is 1.19 bits per heavy atom. The number of aliphatic hydroxyl groups is 1. The summed E-state index contributed by atoms with van der Waals surface area (Å²) in [6.07, 6.45) is -0.0632. The lowest BCUT2D eigenvalue weighted by Gasteiger charge is -2.20. The van der Waals surface area contributed by atoms with Crippen molar-refractivity contribution in [2.45, 2.75) is 13.3 Å². The van der Waals surface area contributed by atoms with Crippen LogP contribution in [0.4, 0.5) is 14.5 Å². The van der Waals surface area contributed by atoms with Crippen molar-refractivity contribution in [2.75, 3.05) is 25.0 Å². The standard InChI is InChI=1S/C19H19ClF2N2O3/c1-2-24(6-7-25)19(27)14-10-17(16(22)11-15(14)21)23-18(26)9-12-4-3-5-13(20)8-12/h3-5,8,10-11,25H,2,6-7,9H2,1H3,(H,23,26). The third-order valence-corrected chi connectivity index (χ3v) is 4.09. The van der Waals surface area contributed by atoms with Crippen LogP contribution in [0.1, 0.15) is 22.8 Å². The average molecular weight is 397 g/mol. The van der Waals surface area contributed by atoms with Crippen LogP contribution in [-0.4, -0.2) is 41.5 Å². The molecular formula is C19H19ClF2N2O3. The molecule has 5 nitrogen and oxygen atoms in total. The summed E-state index contributed by atoms with van der Waals surface area (Å²) >= 11 is 5.86. The topological polar surface area (TPSA) is 69.6 Å². The van der Waals surface area contributed by atoms with Gasteiger partial charge in [-0.15, -0.1) is 0 Å². The number of carbonyl (C=O) groups excluding carboxylic acids is 2. The maximum atomic E-state index is 14.1. The Kier molecular flexibility index (Phi) is 7.27. The monoisotopic (exact) mass is 396 g/mol. The summed E-state index contributed by atoms with van der Waals surface area (Å²) in [6, 6.07) is 8.14. The largest absolute Gasteiger partial charge is 0.395 e. The van der Waals surface area contributed by atoms with E-state index in [1.807, 2.05) is 0 Å². The molecule has 2 rings (SSSR count). The van der Waals surface area contributed by atoms with Crippen molar-refractivity contribution >= 4 is 29.1 Å². The first-order valence-electron chi connectivity index (χ1n) is 8.29. The van der Waals surface area contributed by atoms with Gasteiger partial charge in [-0.3, -0.25) is 9.59 Å². The number of aliphatic hydroxyl groups excluding tert-OH is 1. The van der Waals surface area contributed by atoms with Crippen LogP contribution in [0, 0.1) is 11.6 Å². The number of carbonyl (C=O) groups is 2. The maximum absolute atomic E-state index is 14.1. The third-order valence-electron chi connectivity index (χ3n) is 3.85. The van der Waals surface area contributed by atoms with Gasteiger partial charge in [0.1, 0.15) is 11.6 Å². The predicted molar refractivity (Wildman–Crippen MR) is 98.8 cm³/mol. The second-order valence-corrected chi connectivity index (χ2v) is 6.21. The molecule has 2 N–H and O–H groups in total. The number of halogens is 3. The van der Waals surface area contributed by atoms with Gasteiger partial charge in [0.25, 0.3) is 5.91 Å². The molecule has 144 valence electrons. The van der Waals surface area contributed by atoms with Gasteiger partial charge in [0.2, 0.25) is 5.91 Å². The SMILES string of the molecule is CCN(CCO)C(=O)c1cc(NC(=O)Cc2cccc(Cl)c2)c(F)cc1F. The van der Waals surface area contributed by atoms with Crippen LogP contribution in [0.2, 0.25) is 5.02 Å². The maximum Gasteiger partial charge on any atom is 0.256 e. The van der Waals surface area contributed by atoms with E-state index in [2.05, 4.69) is 5.32 Å². The third kappa shape index (κ3) is 5.48. The molecule has 0 atom stereocenters. The molecule has 0 unspecified atom stereocenters. The number of anilines is 1. The number of amides is 2. The van der Waals surface area contributed by atoms with Crippen molar-refractivity contribution in [3.63, 3.8) is 0 Å². The van der Waals surface area contributed by atoms with Gasteiger partial charge in [0, 0.05) is 24.2 Å². The van der Waals surface area contributed by atoms with E-state index < -0.39 is 23.4 Å². The molecule has 2 amide bonds. The first-order chi connectivity index (χ1) is 12.8. The number of hydrogen-bond acceptors (Lipinski definition) is 3. The van der Waals surface area contributed by atoms with Gasteiger partial charge in [0.15, 0.2) is 0 Å². The molecule has 0 saturated carbocycles. The fourth-order valence-corrected chi connectivity index (χ4v) is 2.74. The minimum atomic E-state index is -1.04. The summed E-state index contributed by atoms with van der Waals surface area (Å²) in [4.78, 5) is 25.8. The minimum absolute atomic E-state index is 0.0165. The van der Waals surface area contributed by atoms with Gasteiger partial charge in [0.05, 0.1) is 24.3 Å². The number of nitrogens with one attached hydrogen (secondary N) is 1. The summed E-state index contributed by atoms with van der Waals surface area (Å²) in [5, 5.41) is 11.8. The molecule has 0 aromatic heterocycles. The lowest BCUT2D eigenvalue weighted by molar-refractivity contribution is -0.115. The fraction of sp³-hybridized carbons (Fsp3) is 0.263. The molecule has 0 radical (unpaired) electrons. The molecular weight excluding hydrogens is 378 g/mol. The second-order valence-electron chi connectivity index (χ2n) is 5.78. The highest BCUT2D eigenvalue weighted by molar-refractivity contribution is 6.30. The van der Waals surface area contributed by atoms with E-state index in [1.165, 1.54) is 4.90 Å². The summed E-state index contributed by atoms with van der Waals surface area (Å²) in [5.41, 5.74) is -0.0597. The van der Waals surface area contributed by atoms with Crippen LogP contribution < -0.4 is 5.32 Å². The molecule has 2 aromatic carbocycles. The number of nitrogens with zero attached hydrogens (tertiary/aromatic N) is 1. The van der Waals surface area contributed by atoms with Gasteiger partial charge >= 0.3 is 0 Å². The summed E-state index contributed by atoms with van der Waals surface area (Å²) in [6.45, 7) is 1.64. The summed E-state index contributed by atoms with van der Waals surface area (Å²) in [5.74, 6) is -3.27.